The third kappa shape index (κ3) is 3.59. The number of fused-ring (bicyclic) bond motifs is 1. The van der Waals surface area contributed by atoms with Gasteiger partial charge >= 0.3 is 0 Å². The van der Waals surface area contributed by atoms with Crippen LogP contribution in [-0.2, 0) is 6.54 Å². The van der Waals surface area contributed by atoms with Crippen LogP contribution in [0, 0.1) is 6.92 Å². The first-order valence-electron chi connectivity index (χ1n) is 10.2. The van der Waals surface area contributed by atoms with Crippen molar-refractivity contribution in [3.63, 3.8) is 0 Å². The van der Waals surface area contributed by atoms with Crippen molar-refractivity contribution in [1.29, 1.82) is 0 Å². The Hall–Kier alpha value is -3.12. The van der Waals surface area contributed by atoms with Gasteiger partial charge in [-0.05, 0) is 24.6 Å². The van der Waals surface area contributed by atoms with Gasteiger partial charge < -0.3 is 9.80 Å². The topological polar surface area (TPSA) is 50.1 Å². The Labute approximate surface area is 180 Å². The number of hydrogen-bond donors (Lipinski definition) is 0. The summed E-state index contributed by atoms with van der Waals surface area (Å²) < 4.78 is 1.95. The highest BCUT2D eigenvalue weighted by molar-refractivity contribution is 6.33. The minimum absolute atomic E-state index is 0.695. The average Bonchev–Trinajstić information content (AvgIpc) is 3.19. The van der Waals surface area contributed by atoms with Gasteiger partial charge in [0.25, 0.3) is 0 Å². The molecule has 0 atom stereocenters. The number of para-hydroxylation sites is 1. The van der Waals surface area contributed by atoms with E-state index < -0.39 is 0 Å². The first-order chi connectivity index (χ1) is 14.7. The quantitative estimate of drug-likeness (QED) is 0.498. The Kier molecular flexibility index (Phi) is 5.01. The molecule has 1 aliphatic rings. The van der Waals surface area contributed by atoms with E-state index in [0.29, 0.717) is 6.54 Å². The molecule has 7 heteroatoms. The monoisotopic (exact) mass is 418 g/mol. The van der Waals surface area contributed by atoms with Crippen molar-refractivity contribution in [2.75, 3.05) is 36.0 Å². The number of piperazine rings is 1. The number of benzene rings is 2. The van der Waals surface area contributed by atoms with Crippen molar-refractivity contribution in [3.05, 3.63) is 77.2 Å². The molecule has 1 aliphatic heterocycles. The fourth-order valence-electron chi connectivity index (χ4n) is 3.98. The molecule has 30 heavy (non-hydrogen) atoms. The number of halogens is 1. The van der Waals surface area contributed by atoms with E-state index in [1.54, 1.807) is 6.33 Å². The second-order valence-corrected chi connectivity index (χ2v) is 8.06. The smallest absolute Gasteiger partial charge is 0.163 e. The maximum atomic E-state index is 6.38. The fourth-order valence-corrected chi connectivity index (χ4v) is 4.24. The van der Waals surface area contributed by atoms with Crippen LogP contribution in [-0.4, -0.2) is 45.9 Å². The van der Waals surface area contributed by atoms with Crippen molar-refractivity contribution in [2.45, 2.75) is 13.5 Å². The van der Waals surface area contributed by atoms with Crippen LogP contribution < -0.4 is 9.80 Å². The summed E-state index contributed by atoms with van der Waals surface area (Å²) in [6, 6.07) is 16.5. The molecule has 0 unspecified atom stereocenters. The maximum absolute atomic E-state index is 6.38. The highest BCUT2D eigenvalue weighted by Crippen LogP contribution is 2.28. The SMILES string of the molecule is Cc1ccc(Cn2ncc3c(N4CCN(c5ccccc5Cl)CC4)ncnc32)cc1. The molecule has 1 fully saturated rings. The molecular formula is C23H23ClN6. The van der Waals surface area contributed by atoms with Crippen molar-refractivity contribution >= 4 is 34.1 Å². The standard InChI is InChI=1S/C23H23ClN6/c1-17-6-8-18(9-7-17)15-30-23-19(14-27-30)22(25-16-26-23)29-12-10-28(11-13-29)21-5-3-2-4-20(21)24/h2-9,14,16H,10-13,15H2,1H3. The molecule has 0 aliphatic carbocycles. The van der Waals surface area contributed by atoms with Gasteiger partial charge in [-0.3, -0.25) is 0 Å². The van der Waals surface area contributed by atoms with Gasteiger partial charge in [-0.25, -0.2) is 14.6 Å². The van der Waals surface area contributed by atoms with Crippen LogP contribution in [0.25, 0.3) is 11.0 Å². The van der Waals surface area contributed by atoms with Crippen molar-refractivity contribution in [3.8, 4) is 0 Å². The number of anilines is 2. The lowest BCUT2D eigenvalue weighted by Gasteiger charge is -2.37. The summed E-state index contributed by atoms with van der Waals surface area (Å²) in [6.07, 6.45) is 3.53. The highest BCUT2D eigenvalue weighted by Gasteiger charge is 2.22. The third-order valence-corrected chi connectivity index (χ3v) is 5.96. The van der Waals surface area contributed by atoms with E-state index in [0.717, 1.165) is 53.7 Å². The van der Waals surface area contributed by atoms with Crippen LogP contribution in [0.4, 0.5) is 11.5 Å². The lowest BCUT2D eigenvalue weighted by Crippen LogP contribution is -2.47. The number of nitrogens with zero attached hydrogens (tertiary/aromatic N) is 6. The van der Waals surface area contributed by atoms with Gasteiger partial charge in [0, 0.05) is 26.2 Å². The molecule has 152 valence electrons. The van der Waals surface area contributed by atoms with E-state index in [1.807, 2.05) is 29.1 Å². The van der Waals surface area contributed by atoms with Crippen LogP contribution in [0.15, 0.2) is 61.1 Å². The second-order valence-electron chi connectivity index (χ2n) is 7.65. The highest BCUT2D eigenvalue weighted by atomic mass is 35.5. The molecular weight excluding hydrogens is 396 g/mol. The first-order valence-corrected chi connectivity index (χ1v) is 10.5. The summed E-state index contributed by atoms with van der Waals surface area (Å²) in [5.41, 5.74) is 4.43. The maximum Gasteiger partial charge on any atom is 0.163 e. The van der Waals surface area contributed by atoms with Crippen LogP contribution in [0.1, 0.15) is 11.1 Å². The Balaban J connectivity index is 1.36. The molecule has 2 aromatic carbocycles. The van der Waals surface area contributed by atoms with E-state index in [-0.39, 0.29) is 0 Å². The van der Waals surface area contributed by atoms with E-state index in [9.17, 15) is 0 Å². The van der Waals surface area contributed by atoms with Crippen molar-refractivity contribution < 1.29 is 0 Å². The molecule has 2 aromatic heterocycles. The van der Waals surface area contributed by atoms with Gasteiger partial charge in [0.15, 0.2) is 5.65 Å². The van der Waals surface area contributed by atoms with Gasteiger partial charge in [0.1, 0.15) is 12.1 Å². The average molecular weight is 419 g/mol. The predicted molar refractivity (Wildman–Crippen MR) is 121 cm³/mol. The molecule has 5 rings (SSSR count). The predicted octanol–water partition coefficient (Wildman–Crippen LogP) is 4.16. The lowest BCUT2D eigenvalue weighted by molar-refractivity contribution is 0.648. The largest absolute Gasteiger partial charge is 0.367 e. The summed E-state index contributed by atoms with van der Waals surface area (Å²) in [7, 11) is 0. The van der Waals surface area contributed by atoms with Gasteiger partial charge in [0.05, 0.1) is 28.8 Å². The fraction of sp³-hybridized carbons (Fsp3) is 0.261. The number of hydrogen-bond acceptors (Lipinski definition) is 5. The summed E-state index contributed by atoms with van der Waals surface area (Å²) in [5.74, 6) is 0.953. The van der Waals surface area contributed by atoms with E-state index >= 15 is 0 Å². The molecule has 0 bridgehead atoms. The molecule has 4 aromatic rings. The Morgan fingerprint density at radius 1 is 0.900 bits per heavy atom. The Bertz CT molecular complexity index is 1160. The first kappa shape index (κ1) is 18.9. The van der Waals surface area contributed by atoms with E-state index in [1.165, 1.54) is 11.1 Å². The normalized spacial score (nSPS) is 14.5. The van der Waals surface area contributed by atoms with Crippen LogP contribution >= 0.6 is 11.6 Å². The number of aromatic nitrogens is 4. The minimum atomic E-state index is 0.695. The Morgan fingerprint density at radius 3 is 2.40 bits per heavy atom. The van der Waals surface area contributed by atoms with Crippen molar-refractivity contribution in [2.24, 2.45) is 0 Å². The summed E-state index contributed by atoms with van der Waals surface area (Å²) in [4.78, 5) is 13.8. The molecule has 0 N–H and O–H groups in total. The third-order valence-electron chi connectivity index (χ3n) is 5.64. The molecule has 0 radical (unpaired) electrons. The van der Waals surface area contributed by atoms with E-state index in [4.69, 9.17) is 11.6 Å². The lowest BCUT2D eigenvalue weighted by atomic mass is 10.1. The van der Waals surface area contributed by atoms with Crippen LogP contribution in [0.2, 0.25) is 5.02 Å². The van der Waals surface area contributed by atoms with Crippen molar-refractivity contribution in [1.82, 2.24) is 19.7 Å². The van der Waals surface area contributed by atoms with Gasteiger partial charge in [0.2, 0.25) is 0 Å². The number of rotatable bonds is 4. The summed E-state index contributed by atoms with van der Waals surface area (Å²) in [5, 5.41) is 6.40. The summed E-state index contributed by atoms with van der Waals surface area (Å²) >= 11 is 6.38. The molecule has 1 saturated heterocycles. The zero-order chi connectivity index (χ0) is 20.5. The van der Waals surface area contributed by atoms with Gasteiger partial charge in [-0.2, -0.15) is 5.10 Å². The number of aryl methyl sites for hydroxylation is 1. The zero-order valence-corrected chi connectivity index (χ0v) is 17.6. The van der Waals surface area contributed by atoms with Gasteiger partial charge in [-0.1, -0.05) is 53.6 Å². The van der Waals surface area contributed by atoms with E-state index in [2.05, 4.69) is 62.1 Å². The molecule has 0 amide bonds. The van der Waals surface area contributed by atoms with Crippen LogP contribution in [0.5, 0.6) is 0 Å². The second kappa shape index (κ2) is 7.95. The molecule has 0 spiro atoms. The molecule has 3 heterocycles. The molecule has 6 nitrogen and oxygen atoms in total. The zero-order valence-electron chi connectivity index (χ0n) is 16.9. The Morgan fingerprint density at radius 2 is 1.63 bits per heavy atom. The van der Waals surface area contributed by atoms with Crippen LogP contribution in [0.3, 0.4) is 0 Å². The van der Waals surface area contributed by atoms with Gasteiger partial charge in [-0.15, -0.1) is 0 Å². The summed E-state index contributed by atoms with van der Waals surface area (Å²) in [6.45, 7) is 6.33. The molecule has 0 saturated carbocycles. The minimum Gasteiger partial charge on any atom is -0.367 e.